The third-order valence-electron chi connectivity index (χ3n) is 4.76. The van der Waals surface area contributed by atoms with Gasteiger partial charge in [0, 0.05) is 13.1 Å². The smallest absolute Gasteiger partial charge is 0.291 e. The number of ether oxygens (including phenoxy) is 3. The van der Waals surface area contributed by atoms with Crippen molar-refractivity contribution in [3.63, 3.8) is 0 Å². The predicted molar refractivity (Wildman–Crippen MR) is 126 cm³/mol. The zero-order valence-corrected chi connectivity index (χ0v) is 20.3. The van der Waals surface area contributed by atoms with E-state index in [9.17, 15) is 4.79 Å². The molecule has 0 aliphatic heterocycles. The van der Waals surface area contributed by atoms with Crippen molar-refractivity contribution in [1.29, 1.82) is 0 Å². The van der Waals surface area contributed by atoms with Gasteiger partial charge in [0.15, 0.2) is 11.4 Å². The normalized spacial score (nSPS) is 11.1. The maximum atomic E-state index is 12.8. The van der Waals surface area contributed by atoms with E-state index in [2.05, 4.69) is 46.3 Å². The summed E-state index contributed by atoms with van der Waals surface area (Å²) in [4.78, 5) is 21.1. The molecule has 32 heavy (non-hydrogen) atoms. The monoisotopic (exact) mass is 456 g/mol. The number of amides is 1. The van der Waals surface area contributed by atoms with Crippen LogP contribution >= 0.6 is 0 Å². The number of methoxy groups -OCH3 is 2. The van der Waals surface area contributed by atoms with Gasteiger partial charge < -0.3 is 29.3 Å². The van der Waals surface area contributed by atoms with E-state index in [0.29, 0.717) is 11.7 Å². The SMILES string of the molecule is CNc1nc(OC)c(NC(=O)c2ccc(Oc3cc([Si](C)(C)C)ccc3C)o2)c(OC)n1. The van der Waals surface area contributed by atoms with E-state index >= 15 is 0 Å². The molecule has 0 saturated carbocycles. The molecule has 1 amide bonds. The summed E-state index contributed by atoms with van der Waals surface area (Å²) in [6.45, 7) is 8.78. The molecule has 0 atom stereocenters. The third-order valence-corrected chi connectivity index (χ3v) is 6.80. The summed E-state index contributed by atoms with van der Waals surface area (Å²) >= 11 is 0. The number of carbonyl (C=O) groups excluding carboxylic acids is 1. The molecule has 0 saturated heterocycles. The molecule has 3 aromatic rings. The number of aromatic nitrogens is 2. The zero-order chi connectivity index (χ0) is 23.5. The van der Waals surface area contributed by atoms with Gasteiger partial charge in [-0.05, 0) is 24.6 Å². The molecule has 2 N–H and O–H groups in total. The topological polar surface area (TPSA) is 108 Å². The van der Waals surface area contributed by atoms with Crippen LogP contribution in [0.4, 0.5) is 11.6 Å². The van der Waals surface area contributed by atoms with Crippen LogP contribution in [0.25, 0.3) is 0 Å². The highest BCUT2D eigenvalue weighted by atomic mass is 28.3. The molecule has 2 aromatic heterocycles. The molecule has 0 radical (unpaired) electrons. The fraction of sp³-hybridized carbons (Fsp3) is 0.318. The molecule has 0 fully saturated rings. The second kappa shape index (κ2) is 9.31. The number of anilines is 2. The van der Waals surface area contributed by atoms with Gasteiger partial charge in [-0.25, -0.2) is 0 Å². The van der Waals surface area contributed by atoms with E-state index in [-0.39, 0.29) is 29.2 Å². The number of aryl methyl sites for hydroxylation is 1. The summed E-state index contributed by atoms with van der Waals surface area (Å²) in [6.07, 6.45) is 0. The quantitative estimate of drug-likeness (QED) is 0.489. The van der Waals surface area contributed by atoms with Crippen molar-refractivity contribution >= 4 is 30.8 Å². The highest BCUT2D eigenvalue weighted by Crippen LogP contribution is 2.33. The van der Waals surface area contributed by atoms with Crippen molar-refractivity contribution < 1.29 is 23.4 Å². The highest BCUT2D eigenvalue weighted by Gasteiger charge is 2.22. The number of furan rings is 1. The Balaban J connectivity index is 1.82. The van der Waals surface area contributed by atoms with Crippen molar-refractivity contribution in [3.8, 4) is 23.5 Å². The van der Waals surface area contributed by atoms with Gasteiger partial charge in [0.1, 0.15) is 5.75 Å². The van der Waals surface area contributed by atoms with Gasteiger partial charge in [-0.2, -0.15) is 9.97 Å². The largest absolute Gasteiger partial charge is 0.479 e. The molecule has 1 aromatic carbocycles. The number of carbonyl (C=O) groups is 1. The lowest BCUT2D eigenvalue weighted by Crippen LogP contribution is -2.37. The number of hydrogen-bond acceptors (Lipinski definition) is 8. The maximum Gasteiger partial charge on any atom is 0.291 e. The first-order valence-electron chi connectivity index (χ1n) is 10.0. The van der Waals surface area contributed by atoms with Crippen LogP contribution < -0.4 is 30.0 Å². The second-order valence-electron chi connectivity index (χ2n) is 8.10. The Kier molecular flexibility index (Phi) is 6.73. The third kappa shape index (κ3) is 5.02. The Morgan fingerprint density at radius 2 is 1.69 bits per heavy atom. The fourth-order valence-corrected chi connectivity index (χ4v) is 4.04. The van der Waals surface area contributed by atoms with E-state index in [4.69, 9.17) is 18.6 Å². The van der Waals surface area contributed by atoms with Gasteiger partial charge in [0.05, 0.1) is 22.3 Å². The molecular formula is C22H28N4O5Si. The number of hydrogen-bond donors (Lipinski definition) is 2. The minimum Gasteiger partial charge on any atom is -0.479 e. The first-order chi connectivity index (χ1) is 15.2. The lowest BCUT2D eigenvalue weighted by Gasteiger charge is -2.18. The van der Waals surface area contributed by atoms with Crippen molar-refractivity contribution in [2.24, 2.45) is 0 Å². The molecule has 170 valence electrons. The molecule has 9 nitrogen and oxygen atoms in total. The number of nitrogens with one attached hydrogen (secondary N) is 2. The zero-order valence-electron chi connectivity index (χ0n) is 19.3. The van der Waals surface area contributed by atoms with Crippen LogP contribution in [0.5, 0.6) is 23.5 Å². The lowest BCUT2D eigenvalue weighted by atomic mass is 10.2. The summed E-state index contributed by atoms with van der Waals surface area (Å²) in [5, 5.41) is 6.76. The van der Waals surface area contributed by atoms with Gasteiger partial charge in [0.25, 0.3) is 11.9 Å². The van der Waals surface area contributed by atoms with Crippen LogP contribution in [0.15, 0.2) is 34.7 Å². The van der Waals surface area contributed by atoms with E-state index in [1.807, 2.05) is 19.1 Å². The molecule has 10 heteroatoms. The molecule has 0 aliphatic carbocycles. The Hall–Kier alpha value is -3.53. The average Bonchev–Trinajstić information content (AvgIpc) is 3.23. The van der Waals surface area contributed by atoms with Gasteiger partial charge in [-0.3, -0.25) is 4.79 Å². The Morgan fingerprint density at radius 3 is 2.25 bits per heavy atom. The Labute approximate surface area is 188 Å². The van der Waals surface area contributed by atoms with Gasteiger partial charge in [-0.15, -0.1) is 0 Å². The van der Waals surface area contributed by atoms with Gasteiger partial charge in [-0.1, -0.05) is 37.0 Å². The number of benzene rings is 1. The summed E-state index contributed by atoms with van der Waals surface area (Å²) in [5.41, 5.74) is 1.17. The molecule has 0 bridgehead atoms. The van der Waals surface area contributed by atoms with Gasteiger partial charge >= 0.3 is 0 Å². The number of nitrogens with zero attached hydrogens (tertiary/aromatic N) is 2. The highest BCUT2D eigenvalue weighted by molar-refractivity contribution is 6.88. The Bertz CT molecular complexity index is 1100. The van der Waals surface area contributed by atoms with Crippen LogP contribution in [0.1, 0.15) is 16.1 Å². The molecular weight excluding hydrogens is 428 g/mol. The van der Waals surface area contributed by atoms with Crippen LogP contribution in [0, 0.1) is 6.92 Å². The summed E-state index contributed by atoms with van der Waals surface area (Å²) in [7, 11) is 3.04. The second-order valence-corrected chi connectivity index (χ2v) is 13.2. The van der Waals surface area contributed by atoms with Crippen LogP contribution in [-0.4, -0.2) is 45.2 Å². The van der Waals surface area contributed by atoms with Crippen molar-refractivity contribution in [3.05, 3.63) is 41.7 Å². The summed E-state index contributed by atoms with van der Waals surface area (Å²) in [6, 6.07) is 9.35. The minimum absolute atomic E-state index is 0.0563. The number of rotatable bonds is 8. The maximum absolute atomic E-state index is 12.8. The van der Waals surface area contributed by atoms with Crippen molar-refractivity contribution in [2.75, 3.05) is 31.9 Å². The van der Waals surface area contributed by atoms with E-state index in [1.165, 1.54) is 25.5 Å². The molecule has 3 rings (SSSR count). The van der Waals surface area contributed by atoms with Crippen LogP contribution in [-0.2, 0) is 0 Å². The minimum atomic E-state index is -1.50. The lowest BCUT2D eigenvalue weighted by molar-refractivity contribution is 0.0990. The first kappa shape index (κ1) is 23.1. The molecule has 0 spiro atoms. The van der Waals surface area contributed by atoms with Crippen molar-refractivity contribution in [2.45, 2.75) is 26.6 Å². The predicted octanol–water partition coefficient (Wildman–Crippen LogP) is 4.03. The summed E-state index contributed by atoms with van der Waals surface area (Å²) < 4.78 is 22.1. The summed E-state index contributed by atoms with van der Waals surface area (Å²) in [5.74, 6) is 1.04. The molecule has 2 heterocycles. The van der Waals surface area contributed by atoms with E-state index in [0.717, 1.165) is 5.56 Å². The standard InChI is InChI=1S/C22H28N4O5Si/c1-13-8-9-14(32(5,6)7)12-16(13)31-17-11-10-15(30-17)19(27)24-18-20(28-3)25-22(23-2)26-21(18)29-4/h8-12H,1-7H3,(H,24,27)(H,23,25,26). The van der Waals surface area contributed by atoms with Crippen molar-refractivity contribution in [1.82, 2.24) is 9.97 Å². The van der Waals surface area contributed by atoms with E-state index < -0.39 is 14.0 Å². The average molecular weight is 457 g/mol. The van der Waals surface area contributed by atoms with Crippen LogP contribution in [0.3, 0.4) is 0 Å². The fourth-order valence-electron chi connectivity index (χ4n) is 2.89. The molecule has 0 aliphatic rings. The van der Waals surface area contributed by atoms with Crippen LogP contribution in [0.2, 0.25) is 19.6 Å². The van der Waals surface area contributed by atoms with Gasteiger partial charge in [0.2, 0.25) is 17.7 Å². The first-order valence-corrected chi connectivity index (χ1v) is 13.5. The van der Waals surface area contributed by atoms with E-state index in [1.54, 1.807) is 13.1 Å². The Morgan fingerprint density at radius 1 is 1.03 bits per heavy atom. The molecule has 0 unspecified atom stereocenters.